The van der Waals surface area contributed by atoms with Crippen LogP contribution < -0.4 is 5.32 Å². The van der Waals surface area contributed by atoms with E-state index in [4.69, 9.17) is 0 Å². The van der Waals surface area contributed by atoms with E-state index in [-0.39, 0.29) is 11.9 Å². The van der Waals surface area contributed by atoms with Crippen molar-refractivity contribution < 1.29 is 4.79 Å². The summed E-state index contributed by atoms with van der Waals surface area (Å²) in [5, 5.41) is 7.41. The summed E-state index contributed by atoms with van der Waals surface area (Å²) in [6.45, 7) is 0. The van der Waals surface area contributed by atoms with Gasteiger partial charge < -0.3 is 5.32 Å². The number of hydrogen-bond donors (Lipinski definition) is 1. The molecule has 0 spiro atoms. The topological polar surface area (TPSA) is 46.9 Å². The van der Waals surface area contributed by atoms with E-state index in [1.165, 1.54) is 31.2 Å². The zero-order valence-electron chi connectivity index (χ0n) is 13.5. The molecule has 4 atom stereocenters. The molecule has 0 unspecified atom stereocenters. The standard InChI is InChI=1S/C19H23N3O/c1-22-16(11-12-20-22)19(23)21-18-15-10-6-5-9-14(15)17(18)13-7-3-2-4-8-13/h2-4,7-8,11-12,14-15,17-18H,5-6,9-10H2,1H3,(H,21,23)/t14-,15-,17-,18-/m0/s1. The molecule has 0 saturated heterocycles. The van der Waals surface area contributed by atoms with Crippen molar-refractivity contribution in [3.63, 3.8) is 0 Å². The zero-order chi connectivity index (χ0) is 15.8. The average molecular weight is 309 g/mol. The van der Waals surface area contributed by atoms with Crippen molar-refractivity contribution in [1.82, 2.24) is 15.1 Å². The Bertz CT molecular complexity index is 694. The summed E-state index contributed by atoms with van der Waals surface area (Å²) in [5.74, 6) is 1.81. The zero-order valence-corrected chi connectivity index (χ0v) is 13.5. The highest BCUT2D eigenvalue weighted by atomic mass is 16.2. The molecule has 2 aromatic rings. The lowest BCUT2D eigenvalue weighted by Crippen LogP contribution is -2.59. The summed E-state index contributed by atoms with van der Waals surface area (Å²) in [6, 6.07) is 12.7. The molecule has 4 nitrogen and oxygen atoms in total. The molecule has 2 aliphatic carbocycles. The fourth-order valence-electron chi connectivity index (χ4n) is 4.62. The first kappa shape index (κ1) is 14.5. The Morgan fingerprint density at radius 1 is 1.13 bits per heavy atom. The van der Waals surface area contributed by atoms with E-state index in [1.807, 2.05) is 7.05 Å². The monoisotopic (exact) mass is 309 g/mol. The summed E-state index contributed by atoms with van der Waals surface area (Å²) in [4.78, 5) is 12.6. The molecular formula is C19H23N3O. The van der Waals surface area contributed by atoms with Crippen LogP contribution in [0.15, 0.2) is 42.6 Å². The molecule has 0 bridgehead atoms. The molecule has 0 radical (unpaired) electrons. The van der Waals surface area contributed by atoms with Crippen molar-refractivity contribution in [2.75, 3.05) is 0 Å². The van der Waals surface area contributed by atoms with E-state index < -0.39 is 0 Å². The van der Waals surface area contributed by atoms with Gasteiger partial charge in [-0.2, -0.15) is 5.10 Å². The minimum atomic E-state index is -0.0000420. The van der Waals surface area contributed by atoms with Gasteiger partial charge in [-0.05, 0) is 36.3 Å². The van der Waals surface area contributed by atoms with Crippen LogP contribution in [0.4, 0.5) is 0 Å². The molecule has 1 heterocycles. The van der Waals surface area contributed by atoms with Crippen LogP contribution in [0.5, 0.6) is 0 Å². The number of amides is 1. The van der Waals surface area contributed by atoms with Crippen molar-refractivity contribution >= 4 is 5.91 Å². The lowest BCUT2D eigenvalue weighted by Gasteiger charge is -2.55. The Morgan fingerprint density at radius 2 is 1.87 bits per heavy atom. The molecule has 4 heteroatoms. The SMILES string of the molecule is Cn1nccc1C(=O)N[C@H]1[C@H]2CCCC[C@@H]2[C@@H]1c1ccccc1. The predicted octanol–water partition coefficient (Wildman–Crippen LogP) is 3.12. The number of nitrogens with zero attached hydrogens (tertiary/aromatic N) is 2. The van der Waals surface area contributed by atoms with Gasteiger partial charge in [0.2, 0.25) is 0 Å². The van der Waals surface area contributed by atoms with Crippen LogP contribution >= 0.6 is 0 Å². The van der Waals surface area contributed by atoms with Crippen LogP contribution in [0.25, 0.3) is 0 Å². The molecule has 1 aromatic heterocycles. The second kappa shape index (κ2) is 5.84. The van der Waals surface area contributed by atoms with Crippen LogP contribution in [0, 0.1) is 11.8 Å². The maximum Gasteiger partial charge on any atom is 0.269 e. The van der Waals surface area contributed by atoms with Crippen LogP contribution in [-0.2, 0) is 7.05 Å². The largest absolute Gasteiger partial charge is 0.347 e. The van der Waals surface area contributed by atoms with Crippen molar-refractivity contribution in [3.05, 3.63) is 53.9 Å². The molecule has 1 amide bonds. The molecule has 2 aliphatic rings. The van der Waals surface area contributed by atoms with E-state index >= 15 is 0 Å². The van der Waals surface area contributed by atoms with E-state index in [9.17, 15) is 4.79 Å². The van der Waals surface area contributed by atoms with Crippen molar-refractivity contribution in [2.24, 2.45) is 18.9 Å². The third kappa shape index (κ3) is 2.46. The third-order valence-electron chi connectivity index (χ3n) is 5.72. The van der Waals surface area contributed by atoms with Gasteiger partial charge in [-0.1, -0.05) is 43.2 Å². The van der Waals surface area contributed by atoms with E-state index in [0.717, 1.165) is 5.92 Å². The van der Waals surface area contributed by atoms with Crippen molar-refractivity contribution in [1.29, 1.82) is 0 Å². The van der Waals surface area contributed by atoms with Gasteiger partial charge in [-0.15, -0.1) is 0 Å². The lowest BCUT2D eigenvalue weighted by atomic mass is 9.53. The first-order valence-corrected chi connectivity index (χ1v) is 8.59. The number of carbonyl (C=O) groups is 1. The van der Waals surface area contributed by atoms with Crippen molar-refractivity contribution in [2.45, 2.75) is 37.6 Å². The smallest absolute Gasteiger partial charge is 0.269 e. The van der Waals surface area contributed by atoms with E-state index in [0.29, 0.717) is 17.5 Å². The molecule has 2 fully saturated rings. The minimum absolute atomic E-state index is 0.0000420. The summed E-state index contributed by atoms with van der Waals surface area (Å²) in [5.41, 5.74) is 2.00. The molecule has 23 heavy (non-hydrogen) atoms. The Balaban J connectivity index is 1.57. The molecule has 1 aromatic carbocycles. The Morgan fingerprint density at radius 3 is 2.57 bits per heavy atom. The molecule has 0 aliphatic heterocycles. The van der Waals surface area contributed by atoms with Gasteiger partial charge in [-0.25, -0.2) is 0 Å². The quantitative estimate of drug-likeness (QED) is 0.947. The average Bonchev–Trinajstić information content (AvgIpc) is 3.00. The number of fused-ring (bicyclic) bond motifs is 1. The van der Waals surface area contributed by atoms with E-state index in [1.54, 1.807) is 16.9 Å². The fourth-order valence-corrected chi connectivity index (χ4v) is 4.62. The van der Waals surface area contributed by atoms with Gasteiger partial charge in [0.05, 0.1) is 0 Å². The fraction of sp³-hybridized carbons (Fsp3) is 0.474. The highest BCUT2D eigenvalue weighted by Crippen LogP contribution is 2.54. The number of benzene rings is 1. The number of aromatic nitrogens is 2. The molecule has 120 valence electrons. The third-order valence-corrected chi connectivity index (χ3v) is 5.72. The highest BCUT2D eigenvalue weighted by Gasteiger charge is 2.51. The lowest BCUT2D eigenvalue weighted by molar-refractivity contribution is 0.0249. The Labute approximate surface area is 136 Å². The number of aryl methyl sites for hydroxylation is 1. The normalized spacial score (nSPS) is 29.4. The number of carbonyl (C=O) groups excluding carboxylic acids is 1. The molecule has 1 N–H and O–H groups in total. The molecular weight excluding hydrogens is 286 g/mol. The summed E-state index contributed by atoms with van der Waals surface area (Å²) in [7, 11) is 1.81. The Kier molecular flexibility index (Phi) is 3.68. The number of hydrogen-bond acceptors (Lipinski definition) is 2. The second-order valence-electron chi connectivity index (χ2n) is 6.89. The minimum Gasteiger partial charge on any atom is -0.347 e. The van der Waals surface area contributed by atoms with Gasteiger partial charge in [-0.3, -0.25) is 9.48 Å². The molecule has 2 saturated carbocycles. The summed E-state index contributed by atoms with van der Waals surface area (Å²) < 4.78 is 1.64. The number of rotatable bonds is 3. The maximum absolute atomic E-state index is 12.6. The number of nitrogens with one attached hydrogen (secondary N) is 1. The summed E-state index contributed by atoms with van der Waals surface area (Å²) >= 11 is 0. The van der Waals surface area contributed by atoms with Gasteiger partial charge >= 0.3 is 0 Å². The van der Waals surface area contributed by atoms with Gasteiger partial charge in [0.1, 0.15) is 5.69 Å². The summed E-state index contributed by atoms with van der Waals surface area (Å²) in [6.07, 6.45) is 6.83. The molecule has 4 rings (SSSR count). The highest BCUT2D eigenvalue weighted by molar-refractivity contribution is 5.92. The first-order chi connectivity index (χ1) is 11.3. The van der Waals surface area contributed by atoms with Gasteiger partial charge in [0, 0.05) is 25.2 Å². The van der Waals surface area contributed by atoms with Crippen LogP contribution in [0.2, 0.25) is 0 Å². The van der Waals surface area contributed by atoms with E-state index in [2.05, 4.69) is 40.7 Å². The second-order valence-corrected chi connectivity index (χ2v) is 6.89. The maximum atomic E-state index is 12.6. The van der Waals surface area contributed by atoms with Gasteiger partial charge in [0.15, 0.2) is 0 Å². The Hall–Kier alpha value is -2.10. The van der Waals surface area contributed by atoms with Gasteiger partial charge in [0.25, 0.3) is 5.91 Å². The van der Waals surface area contributed by atoms with Crippen LogP contribution in [-0.4, -0.2) is 21.7 Å². The van der Waals surface area contributed by atoms with Crippen LogP contribution in [0.1, 0.15) is 47.7 Å². The first-order valence-electron chi connectivity index (χ1n) is 8.59. The van der Waals surface area contributed by atoms with Crippen LogP contribution in [0.3, 0.4) is 0 Å². The predicted molar refractivity (Wildman–Crippen MR) is 89.1 cm³/mol. The van der Waals surface area contributed by atoms with Crippen molar-refractivity contribution in [3.8, 4) is 0 Å².